The second-order valence-electron chi connectivity index (χ2n) is 3.84. The van der Waals surface area contributed by atoms with Gasteiger partial charge in [0, 0.05) is 13.1 Å². The Kier molecular flexibility index (Phi) is 6.32. The van der Waals surface area contributed by atoms with Crippen molar-refractivity contribution < 1.29 is 29.3 Å². The minimum absolute atomic E-state index is 0.416. The van der Waals surface area contributed by atoms with Crippen LogP contribution in [0.3, 0.4) is 0 Å². The summed E-state index contributed by atoms with van der Waals surface area (Å²) in [7, 11) is 1.02. The van der Waals surface area contributed by atoms with Crippen LogP contribution >= 0.6 is 0 Å². The molecule has 0 saturated heterocycles. The molecular formula is C11H19NO6. The largest absolute Gasteiger partial charge is 0.481 e. The molecule has 0 aliphatic heterocycles. The zero-order valence-corrected chi connectivity index (χ0v) is 10.8. The topological polar surface area (TPSA) is 104 Å². The summed E-state index contributed by atoms with van der Waals surface area (Å²) in [5.74, 6) is -2.99. The number of carbonyl (C=O) groups is 3. The Morgan fingerprint density at radius 1 is 1.17 bits per heavy atom. The molecule has 0 saturated carbocycles. The number of methoxy groups -OCH3 is 1. The van der Waals surface area contributed by atoms with Gasteiger partial charge in [-0.1, -0.05) is 0 Å². The van der Waals surface area contributed by atoms with Crippen LogP contribution in [0.15, 0.2) is 0 Å². The van der Waals surface area contributed by atoms with Gasteiger partial charge in [-0.15, -0.1) is 0 Å². The molecule has 0 aliphatic rings. The van der Waals surface area contributed by atoms with E-state index in [0.29, 0.717) is 13.1 Å². The molecule has 1 atom stereocenters. The summed E-state index contributed by atoms with van der Waals surface area (Å²) < 4.78 is 4.34. The van der Waals surface area contributed by atoms with E-state index in [4.69, 9.17) is 5.11 Å². The molecule has 7 nitrogen and oxygen atoms in total. The third-order valence-corrected chi connectivity index (χ3v) is 2.57. The second kappa shape index (κ2) is 6.95. The number of amides is 1. The molecule has 2 N–H and O–H groups in total. The number of aliphatic hydroxyl groups is 1. The smallest absolute Gasteiger partial charge is 0.339 e. The summed E-state index contributed by atoms with van der Waals surface area (Å²) in [6.07, 6.45) is -1.47. The Hall–Kier alpha value is -1.63. The van der Waals surface area contributed by atoms with Gasteiger partial charge in [0.15, 0.2) is 5.60 Å². The Bertz CT molecular complexity index is 325. The van der Waals surface area contributed by atoms with Crippen molar-refractivity contribution in [2.45, 2.75) is 32.3 Å². The maximum Gasteiger partial charge on any atom is 0.339 e. The summed E-state index contributed by atoms with van der Waals surface area (Å²) in [5, 5.41) is 18.6. The molecule has 18 heavy (non-hydrogen) atoms. The molecule has 1 amide bonds. The lowest BCUT2D eigenvalue weighted by Crippen LogP contribution is -2.46. The van der Waals surface area contributed by atoms with Crippen LogP contribution in [0.25, 0.3) is 0 Å². The van der Waals surface area contributed by atoms with Gasteiger partial charge in [0.05, 0.1) is 20.0 Å². The van der Waals surface area contributed by atoms with Crippen molar-refractivity contribution in [3.05, 3.63) is 0 Å². The molecular weight excluding hydrogens is 242 g/mol. The van der Waals surface area contributed by atoms with Gasteiger partial charge >= 0.3 is 11.9 Å². The van der Waals surface area contributed by atoms with Crippen molar-refractivity contribution in [2.75, 3.05) is 20.2 Å². The fourth-order valence-electron chi connectivity index (χ4n) is 1.59. The van der Waals surface area contributed by atoms with Crippen LogP contribution < -0.4 is 0 Å². The number of nitrogens with zero attached hydrogens (tertiary/aromatic N) is 1. The van der Waals surface area contributed by atoms with Crippen LogP contribution in [-0.4, -0.2) is 58.8 Å². The highest BCUT2D eigenvalue weighted by atomic mass is 16.5. The molecule has 0 heterocycles. The molecule has 0 fully saturated rings. The van der Waals surface area contributed by atoms with Gasteiger partial charge in [-0.25, -0.2) is 4.79 Å². The minimum atomic E-state index is -2.32. The fraction of sp³-hybridized carbons (Fsp3) is 0.727. The van der Waals surface area contributed by atoms with Crippen molar-refractivity contribution in [1.29, 1.82) is 0 Å². The van der Waals surface area contributed by atoms with Crippen molar-refractivity contribution in [3.63, 3.8) is 0 Å². The van der Waals surface area contributed by atoms with E-state index in [9.17, 15) is 19.5 Å². The van der Waals surface area contributed by atoms with E-state index in [2.05, 4.69) is 4.74 Å². The Balaban J connectivity index is 4.95. The van der Waals surface area contributed by atoms with Crippen LogP contribution in [0.4, 0.5) is 0 Å². The van der Waals surface area contributed by atoms with Crippen molar-refractivity contribution in [2.24, 2.45) is 0 Å². The van der Waals surface area contributed by atoms with E-state index in [-0.39, 0.29) is 0 Å². The van der Waals surface area contributed by atoms with Gasteiger partial charge in [-0.05, 0) is 13.8 Å². The summed E-state index contributed by atoms with van der Waals surface area (Å²) >= 11 is 0. The number of carboxylic acids is 1. The predicted octanol–water partition coefficient (Wildman–Crippen LogP) is -0.376. The number of hydrogen-bond donors (Lipinski definition) is 2. The first-order valence-corrected chi connectivity index (χ1v) is 5.61. The molecule has 0 aromatic rings. The van der Waals surface area contributed by atoms with E-state index in [0.717, 1.165) is 7.11 Å². The van der Waals surface area contributed by atoms with Crippen LogP contribution in [-0.2, 0) is 19.1 Å². The van der Waals surface area contributed by atoms with Gasteiger partial charge in [-0.3, -0.25) is 9.59 Å². The minimum Gasteiger partial charge on any atom is -0.481 e. The van der Waals surface area contributed by atoms with Crippen molar-refractivity contribution in [3.8, 4) is 0 Å². The molecule has 0 rings (SSSR count). The molecule has 0 radical (unpaired) electrons. The molecule has 0 aliphatic carbocycles. The molecule has 0 bridgehead atoms. The van der Waals surface area contributed by atoms with Gasteiger partial charge in [-0.2, -0.15) is 0 Å². The molecule has 0 aromatic carbocycles. The summed E-state index contributed by atoms with van der Waals surface area (Å²) in [6, 6.07) is 0. The van der Waals surface area contributed by atoms with E-state index in [1.165, 1.54) is 4.90 Å². The van der Waals surface area contributed by atoms with E-state index < -0.39 is 36.3 Å². The predicted molar refractivity (Wildman–Crippen MR) is 61.8 cm³/mol. The van der Waals surface area contributed by atoms with Gasteiger partial charge in [0.1, 0.15) is 0 Å². The zero-order chi connectivity index (χ0) is 14.3. The summed E-state index contributed by atoms with van der Waals surface area (Å²) in [6.45, 7) is 4.32. The highest BCUT2D eigenvalue weighted by molar-refractivity contribution is 5.91. The Morgan fingerprint density at radius 3 is 2.00 bits per heavy atom. The standard InChI is InChI=1S/C11H19NO6/c1-4-12(5-2)8(13)6-11(17,7-9(14)15)10(16)18-3/h17H,4-7H2,1-3H3,(H,14,15). The zero-order valence-electron chi connectivity index (χ0n) is 10.8. The number of esters is 1. The lowest BCUT2D eigenvalue weighted by molar-refractivity contribution is -0.171. The molecule has 0 spiro atoms. The Morgan fingerprint density at radius 2 is 1.67 bits per heavy atom. The van der Waals surface area contributed by atoms with Crippen molar-refractivity contribution in [1.82, 2.24) is 4.90 Å². The van der Waals surface area contributed by atoms with E-state index in [1.807, 2.05) is 0 Å². The molecule has 1 unspecified atom stereocenters. The van der Waals surface area contributed by atoms with E-state index >= 15 is 0 Å². The number of ether oxygens (including phenoxy) is 1. The number of carboxylic acid groups (broad SMARTS) is 1. The molecule has 104 valence electrons. The van der Waals surface area contributed by atoms with Crippen molar-refractivity contribution >= 4 is 17.8 Å². The lowest BCUT2D eigenvalue weighted by atomic mass is 9.95. The van der Waals surface area contributed by atoms with Crippen LogP contribution in [0.2, 0.25) is 0 Å². The maximum absolute atomic E-state index is 11.8. The van der Waals surface area contributed by atoms with Crippen LogP contribution in [0.1, 0.15) is 26.7 Å². The molecule has 7 heteroatoms. The number of hydrogen-bond acceptors (Lipinski definition) is 5. The molecule has 0 aromatic heterocycles. The highest BCUT2D eigenvalue weighted by Crippen LogP contribution is 2.19. The number of rotatable bonds is 7. The quantitative estimate of drug-likeness (QED) is 0.606. The maximum atomic E-state index is 11.8. The Labute approximate surface area is 105 Å². The SMILES string of the molecule is CCN(CC)C(=O)CC(O)(CC(=O)O)C(=O)OC. The first kappa shape index (κ1) is 16.4. The first-order valence-electron chi connectivity index (χ1n) is 5.61. The normalized spacial score (nSPS) is 13.6. The third-order valence-electron chi connectivity index (χ3n) is 2.57. The summed E-state index contributed by atoms with van der Waals surface area (Å²) in [4.78, 5) is 35.2. The van der Waals surface area contributed by atoms with Gasteiger partial charge in [0.2, 0.25) is 5.91 Å². The third kappa shape index (κ3) is 4.33. The van der Waals surface area contributed by atoms with Gasteiger partial charge < -0.3 is 19.8 Å². The second-order valence-corrected chi connectivity index (χ2v) is 3.84. The average molecular weight is 261 g/mol. The summed E-state index contributed by atoms with van der Waals surface area (Å²) in [5.41, 5.74) is -2.32. The van der Waals surface area contributed by atoms with E-state index in [1.54, 1.807) is 13.8 Å². The monoisotopic (exact) mass is 261 g/mol. The lowest BCUT2D eigenvalue weighted by Gasteiger charge is -2.26. The van der Waals surface area contributed by atoms with Crippen LogP contribution in [0, 0.1) is 0 Å². The fourth-order valence-corrected chi connectivity index (χ4v) is 1.59. The van der Waals surface area contributed by atoms with Gasteiger partial charge in [0.25, 0.3) is 0 Å². The first-order chi connectivity index (χ1) is 8.30. The number of aliphatic carboxylic acids is 1. The van der Waals surface area contributed by atoms with Crippen LogP contribution in [0.5, 0.6) is 0 Å². The highest BCUT2D eigenvalue weighted by Gasteiger charge is 2.42. The average Bonchev–Trinajstić information content (AvgIpc) is 2.28. The number of carbonyl (C=O) groups excluding carboxylic acids is 2.